The monoisotopic (exact) mass is 329 g/mol. The van der Waals surface area contributed by atoms with E-state index in [0.717, 1.165) is 37.6 Å². The number of anilines is 1. The largest absolute Gasteiger partial charge is 0.506 e. The lowest BCUT2D eigenvalue weighted by Crippen LogP contribution is -2.49. The number of hydrogen-bond acceptors (Lipinski definition) is 5. The van der Waals surface area contributed by atoms with Crippen molar-refractivity contribution in [3.63, 3.8) is 0 Å². The summed E-state index contributed by atoms with van der Waals surface area (Å²) >= 11 is 0. The van der Waals surface area contributed by atoms with Crippen LogP contribution in [0.5, 0.6) is 5.75 Å². The molecule has 6 heteroatoms. The fourth-order valence-electron chi connectivity index (χ4n) is 2.91. The standard InChI is InChI=1S/C18H23N3O3/c1-19(13-15-5-4-12-24-15)18(23)14-20-8-10-21(11-9-20)16-6-2-3-7-17(16)22/h2-7,12,22H,8-11,13-14H2,1H3. The fourth-order valence-corrected chi connectivity index (χ4v) is 2.91. The van der Waals surface area contributed by atoms with Crippen LogP contribution in [0.15, 0.2) is 47.1 Å². The molecule has 0 saturated carbocycles. The summed E-state index contributed by atoms with van der Waals surface area (Å²) in [5.41, 5.74) is 0.860. The quantitative estimate of drug-likeness (QED) is 0.906. The van der Waals surface area contributed by atoms with Crippen molar-refractivity contribution in [2.45, 2.75) is 6.54 Å². The molecule has 3 rings (SSSR count). The number of phenols is 1. The van der Waals surface area contributed by atoms with E-state index in [4.69, 9.17) is 4.42 Å². The van der Waals surface area contributed by atoms with Crippen molar-refractivity contribution in [3.8, 4) is 5.75 Å². The van der Waals surface area contributed by atoms with Crippen LogP contribution in [-0.4, -0.2) is 60.6 Å². The Labute approximate surface area is 141 Å². The van der Waals surface area contributed by atoms with Crippen LogP contribution in [0, 0.1) is 0 Å². The zero-order valence-corrected chi connectivity index (χ0v) is 13.9. The SMILES string of the molecule is CN(Cc1ccco1)C(=O)CN1CCN(c2ccccc2O)CC1. The van der Waals surface area contributed by atoms with Gasteiger partial charge in [-0.15, -0.1) is 0 Å². The third-order valence-corrected chi connectivity index (χ3v) is 4.35. The van der Waals surface area contributed by atoms with Gasteiger partial charge in [0.1, 0.15) is 11.5 Å². The van der Waals surface area contributed by atoms with Crippen LogP contribution in [0.4, 0.5) is 5.69 Å². The van der Waals surface area contributed by atoms with Crippen LogP contribution in [0.2, 0.25) is 0 Å². The number of piperazine rings is 1. The summed E-state index contributed by atoms with van der Waals surface area (Å²) in [5.74, 6) is 1.18. The van der Waals surface area contributed by atoms with Gasteiger partial charge in [-0.05, 0) is 24.3 Å². The van der Waals surface area contributed by atoms with Gasteiger partial charge in [-0.25, -0.2) is 0 Å². The third kappa shape index (κ3) is 3.89. The molecule has 1 saturated heterocycles. The Bertz CT molecular complexity index is 664. The molecular formula is C18H23N3O3. The first-order chi connectivity index (χ1) is 11.6. The van der Waals surface area contributed by atoms with Gasteiger partial charge in [-0.1, -0.05) is 12.1 Å². The van der Waals surface area contributed by atoms with Crippen molar-refractivity contribution in [2.24, 2.45) is 0 Å². The number of furan rings is 1. The van der Waals surface area contributed by atoms with E-state index < -0.39 is 0 Å². The Morgan fingerprint density at radius 3 is 2.58 bits per heavy atom. The summed E-state index contributed by atoms with van der Waals surface area (Å²) in [7, 11) is 1.79. The molecule has 0 unspecified atom stereocenters. The summed E-state index contributed by atoms with van der Waals surface area (Å²) in [5, 5.41) is 9.94. The van der Waals surface area contributed by atoms with E-state index in [1.54, 1.807) is 24.3 Å². The summed E-state index contributed by atoms with van der Waals surface area (Å²) in [6.45, 7) is 4.10. The topological polar surface area (TPSA) is 60.2 Å². The first kappa shape index (κ1) is 16.4. The maximum Gasteiger partial charge on any atom is 0.236 e. The molecule has 0 bridgehead atoms. The Hall–Kier alpha value is -2.47. The highest BCUT2D eigenvalue weighted by Crippen LogP contribution is 2.27. The molecule has 0 atom stereocenters. The van der Waals surface area contributed by atoms with Crippen molar-refractivity contribution < 1.29 is 14.3 Å². The molecule has 1 fully saturated rings. The van der Waals surface area contributed by atoms with E-state index in [1.807, 2.05) is 30.3 Å². The van der Waals surface area contributed by atoms with Gasteiger partial charge < -0.3 is 19.3 Å². The predicted octanol–water partition coefficient (Wildman–Crippen LogP) is 1.77. The van der Waals surface area contributed by atoms with Crippen LogP contribution < -0.4 is 4.90 Å². The Morgan fingerprint density at radius 1 is 1.17 bits per heavy atom. The summed E-state index contributed by atoms with van der Waals surface area (Å²) in [6.07, 6.45) is 1.62. The second-order valence-corrected chi connectivity index (χ2v) is 6.08. The third-order valence-electron chi connectivity index (χ3n) is 4.35. The van der Waals surface area contributed by atoms with Crippen LogP contribution in [0.1, 0.15) is 5.76 Å². The molecular weight excluding hydrogens is 306 g/mol. The lowest BCUT2D eigenvalue weighted by molar-refractivity contribution is -0.131. The highest BCUT2D eigenvalue weighted by Gasteiger charge is 2.22. The number of carbonyl (C=O) groups excluding carboxylic acids is 1. The summed E-state index contributed by atoms with van der Waals surface area (Å²) in [4.78, 5) is 18.3. The minimum absolute atomic E-state index is 0.0856. The Kier molecular flexibility index (Phi) is 5.05. The number of carbonyl (C=O) groups is 1. The normalized spacial score (nSPS) is 15.5. The number of amides is 1. The van der Waals surface area contributed by atoms with Gasteiger partial charge in [-0.2, -0.15) is 0 Å². The molecule has 1 aromatic carbocycles. The van der Waals surface area contributed by atoms with E-state index >= 15 is 0 Å². The molecule has 2 aromatic rings. The highest BCUT2D eigenvalue weighted by molar-refractivity contribution is 5.78. The number of aromatic hydroxyl groups is 1. The lowest BCUT2D eigenvalue weighted by Gasteiger charge is -2.36. The van der Waals surface area contributed by atoms with Crippen molar-refractivity contribution in [2.75, 3.05) is 44.7 Å². The molecule has 1 aromatic heterocycles. The average molecular weight is 329 g/mol. The zero-order valence-electron chi connectivity index (χ0n) is 13.9. The number of rotatable bonds is 5. The molecule has 0 radical (unpaired) electrons. The molecule has 2 heterocycles. The van der Waals surface area contributed by atoms with Crippen LogP contribution >= 0.6 is 0 Å². The molecule has 1 aliphatic heterocycles. The molecule has 1 amide bonds. The molecule has 0 aliphatic carbocycles. The molecule has 0 spiro atoms. The van der Waals surface area contributed by atoms with E-state index in [2.05, 4.69) is 9.80 Å². The zero-order chi connectivity index (χ0) is 16.9. The summed E-state index contributed by atoms with van der Waals surface area (Å²) < 4.78 is 5.28. The predicted molar refractivity (Wildman–Crippen MR) is 91.9 cm³/mol. The number of phenolic OH excluding ortho intramolecular Hbond substituents is 1. The number of hydrogen-bond donors (Lipinski definition) is 1. The van der Waals surface area contributed by atoms with Gasteiger partial charge in [0.15, 0.2) is 0 Å². The average Bonchev–Trinajstić information content (AvgIpc) is 3.09. The number of para-hydroxylation sites is 2. The van der Waals surface area contributed by atoms with Gasteiger partial charge in [-0.3, -0.25) is 9.69 Å². The van der Waals surface area contributed by atoms with E-state index in [1.165, 1.54) is 0 Å². The minimum Gasteiger partial charge on any atom is -0.506 e. The molecule has 24 heavy (non-hydrogen) atoms. The van der Waals surface area contributed by atoms with E-state index in [9.17, 15) is 9.90 Å². The van der Waals surface area contributed by atoms with Crippen LogP contribution in [0.3, 0.4) is 0 Å². The minimum atomic E-state index is 0.0856. The van der Waals surface area contributed by atoms with E-state index in [0.29, 0.717) is 18.8 Å². The van der Waals surface area contributed by atoms with Gasteiger partial charge in [0, 0.05) is 33.2 Å². The molecule has 6 nitrogen and oxygen atoms in total. The van der Waals surface area contributed by atoms with Crippen molar-refractivity contribution in [1.29, 1.82) is 0 Å². The van der Waals surface area contributed by atoms with Crippen molar-refractivity contribution in [1.82, 2.24) is 9.80 Å². The van der Waals surface area contributed by atoms with Crippen molar-refractivity contribution >= 4 is 11.6 Å². The smallest absolute Gasteiger partial charge is 0.236 e. The lowest BCUT2D eigenvalue weighted by atomic mass is 10.2. The van der Waals surface area contributed by atoms with Gasteiger partial charge in [0.25, 0.3) is 0 Å². The maximum atomic E-state index is 12.3. The highest BCUT2D eigenvalue weighted by atomic mass is 16.3. The Morgan fingerprint density at radius 2 is 1.92 bits per heavy atom. The van der Waals surface area contributed by atoms with Crippen LogP contribution in [0.25, 0.3) is 0 Å². The molecule has 1 aliphatic rings. The maximum absolute atomic E-state index is 12.3. The van der Waals surface area contributed by atoms with Gasteiger partial charge >= 0.3 is 0 Å². The second-order valence-electron chi connectivity index (χ2n) is 6.08. The van der Waals surface area contributed by atoms with Crippen LogP contribution in [-0.2, 0) is 11.3 Å². The van der Waals surface area contributed by atoms with E-state index in [-0.39, 0.29) is 5.91 Å². The van der Waals surface area contributed by atoms with Crippen molar-refractivity contribution in [3.05, 3.63) is 48.4 Å². The fraction of sp³-hybridized carbons (Fsp3) is 0.389. The Balaban J connectivity index is 1.48. The number of nitrogens with zero attached hydrogens (tertiary/aromatic N) is 3. The second kappa shape index (κ2) is 7.40. The van der Waals surface area contributed by atoms with Gasteiger partial charge in [0.2, 0.25) is 5.91 Å². The molecule has 128 valence electrons. The number of benzene rings is 1. The summed E-state index contributed by atoms with van der Waals surface area (Å²) in [6, 6.07) is 11.1. The van der Waals surface area contributed by atoms with Gasteiger partial charge in [0.05, 0.1) is 25.0 Å². The number of likely N-dealkylation sites (N-methyl/N-ethyl adjacent to an activating group) is 1. The first-order valence-electron chi connectivity index (χ1n) is 8.15. The molecule has 1 N–H and O–H groups in total. The first-order valence-corrected chi connectivity index (χ1v) is 8.15.